The molecule has 122 valence electrons. The van der Waals surface area contributed by atoms with Crippen LogP contribution in [0, 0.1) is 5.92 Å². The molecule has 1 atom stereocenters. The van der Waals surface area contributed by atoms with Gasteiger partial charge in [0.05, 0.1) is 6.10 Å². The van der Waals surface area contributed by atoms with Gasteiger partial charge in [0.2, 0.25) is 0 Å². The summed E-state index contributed by atoms with van der Waals surface area (Å²) in [6.45, 7) is 1.79. The quantitative estimate of drug-likeness (QED) is 0.804. The highest BCUT2D eigenvalue weighted by molar-refractivity contribution is 5.71. The number of pyridine rings is 1. The molecule has 0 saturated carbocycles. The molecule has 0 radical (unpaired) electrons. The largest absolute Gasteiger partial charge is 0.388 e. The van der Waals surface area contributed by atoms with E-state index in [1.165, 1.54) is 0 Å². The topological polar surface area (TPSA) is 62.1 Å². The first kappa shape index (κ1) is 15.0. The molecule has 0 amide bonds. The molecule has 1 N–H and O–H groups in total. The highest BCUT2D eigenvalue weighted by Crippen LogP contribution is 2.32. The first-order valence-corrected chi connectivity index (χ1v) is 8.37. The van der Waals surface area contributed by atoms with Gasteiger partial charge < -0.3 is 10.0 Å². The summed E-state index contributed by atoms with van der Waals surface area (Å²) in [7, 11) is 0. The van der Waals surface area contributed by atoms with Gasteiger partial charge >= 0.3 is 0 Å². The Morgan fingerprint density at radius 1 is 0.958 bits per heavy atom. The molecular weight excluding hydrogens is 300 g/mol. The molecule has 0 spiro atoms. The average Bonchev–Trinajstić information content (AvgIpc) is 2.68. The fraction of sp³-hybridized carbons (Fsp3) is 0.316. The lowest BCUT2D eigenvalue weighted by Crippen LogP contribution is -2.36. The molecule has 5 nitrogen and oxygen atoms in total. The minimum atomic E-state index is -0.385. The summed E-state index contributed by atoms with van der Waals surface area (Å²) >= 11 is 0. The summed E-state index contributed by atoms with van der Waals surface area (Å²) in [6.07, 6.45) is 4.87. The van der Waals surface area contributed by atoms with E-state index in [0.29, 0.717) is 11.6 Å². The van der Waals surface area contributed by atoms with E-state index in [2.05, 4.69) is 19.9 Å². The van der Waals surface area contributed by atoms with E-state index >= 15 is 0 Å². The van der Waals surface area contributed by atoms with Gasteiger partial charge in [-0.15, -0.1) is 0 Å². The highest BCUT2D eigenvalue weighted by Gasteiger charge is 2.26. The van der Waals surface area contributed by atoms with E-state index in [-0.39, 0.29) is 6.10 Å². The van der Waals surface area contributed by atoms with E-state index in [1.54, 1.807) is 12.4 Å². The van der Waals surface area contributed by atoms with Crippen LogP contribution in [0.1, 0.15) is 24.5 Å². The molecule has 2 aromatic heterocycles. The Morgan fingerprint density at radius 3 is 2.50 bits per heavy atom. The number of hydrogen-bond donors (Lipinski definition) is 1. The molecule has 1 aliphatic heterocycles. The maximum atomic E-state index is 10.6. The lowest BCUT2D eigenvalue weighted by molar-refractivity contribution is 0.0929. The molecule has 4 rings (SSSR count). The number of aliphatic hydroxyl groups excluding tert-OH is 1. The summed E-state index contributed by atoms with van der Waals surface area (Å²) in [5.74, 6) is 1.24. The summed E-state index contributed by atoms with van der Waals surface area (Å²) in [5.41, 5.74) is 2.51. The number of benzene rings is 1. The molecule has 0 bridgehead atoms. The predicted octanol–water partition coefficient (Wildman–Crippen LogP) is 2.97. The number of hydrogen-bond acceptors (Lipinski definition) is 5. The van der Waals surface area contributed by atoms with Crippen LogP contribution in [0.15, 0.2) is 54.9 Å². The van der Waals surface area contributed by atoms with Gasteiger partial charge in [0, 0.05) is 25.5 Å². The Balaban J connectivity index is 1.45. The van der Waals surface area contributed by atoms with Gasteiger partial charge in [-0.25, -0.2) is 9.97 Å². The van der Waals surface area contributed by atoms with E-state index in [4.69, 9.17) is 0 Å². The monoisotopic (exact) mass is 320 g/mol. The zero-order valence-electron chi connectivity index (χ0n) is 13.4. The number of piperidine rings is 1. The molecule has 5 heteroatoms. The van der Waals surface area contributed by atoms with Crippen molar-refractivity contribution in [3.8, 4) is 0 Å². The second kappa shape index (κ2) is 6.53. The predicted molar refractivity (Wildman–Crippen MR) is 93.7 cm³/mol. The molecule has 1 saturated heterocycles. The van der Waals surface area contributed by atoms with Crippen molar-refractivity contribution in [2.45, 2.75) is 18.9 Å². The first-order chi connectivity index (χ1) is 11.8. The van der Waals surface area contributed by atoms with Crippen LogP contribution < -0.4 is 4.90 Å². The van der Waals surface area contributed by atoms with Crippen LogP contribution in [-0.2, 0) is 0 Å². The van der Waals surface area contributed by atoms with Crippen LogP contribution in [0.5, 0.6) is 0 Å². The molecule has 3 aromatic rings. The zero-order chi connectivity index (χ0) is 16.4. The Hall–Kier alpha value is -2.53. The van der Waals surface area contributed by atoms with Crippen molar-refractivity contribution in [1.29, 1.82) is 0 Å². The van der Waals surface area contributed by atoms with Crippen molar-refractivity contribution in [3.05, 3.63) is 60.4 Å². The average molecular weight is 320 g/mol. The minimum absolute atomic E-state index is 0.295. The Bertz CT molecular complexity index is 816. The van der Waals surface area contributed by atoms with E-state index in [1.807, 2.05) is 42.5 Å². The van der Waals surface area contributed by atoms with Crippen molar-refractivity contribution >= 4 is 17.0 Å². The zero-order valence-corrected chi connectivity index (χ0v) is 13.4. The number of aliphatic hydroxyl groups is 1. The smallest absolute Gasteiger partial charge is 0.180 e. The van der Waals surface area contributed by atoms with E-state index in [9.17, 15) is 5.11 Å². The Kier molecular flexibility index (Phi) is 4.09. The van der Waals surface area contributed by atoms with Crippen molar-refractivity contribution < 1.29 is 5.11 Å². The van der Waals surface area contributed by atoms with Crippen LogP contribution in [0.25, 0.3) is 11.2 Å². The maximum Gasteiger partial charge on any atom is 0.180 e. The van der Waals surface area contributed by atoms with Crippen LogP contribution >= 0.6 is 0 Å². The Morgan fingerprint density at radius 2 is 1.71 bits per heavy atom. The number of fused-ring (bicyclic) bond motifs is 1. The summed E-state index contributed by atoms with van der Waals surface area (Å²) in [5, 5.41) is 10.6. The lowest BCUT2D eigenvalue weighted by Gasteiger charge is -2.35. The summed E-state index contributed by atoms with van der Waals surface area (Å²) in [4.78, 5) is 15.4. The van der Waals surface area contributed by atoms with Gasteiger partial charge in [-0.05, 0) is 36.5 Å². The molecule has 3 heterocycles. The van der Waals surface area contributed by atoms with E-state index in [0.717, 1.165) is 42.8 Å². The number of anilines is 1. The SMILES string of the molecule is OC(c1ccccc1)C1CCN(c2ccc3nccnc3n2)CC1. The third-order valence-corrected chi connectivity index (χ3v) is 4.77. The van der Waals surface area contributed by atoms with Crippen molar-refractivity contribution in [1.82, 2.24) is 15.0 Å². The van der Waals surface area contributed by atoms with Gasteiger partial charge in [-0.2, -0.15) is 0 Å². The van der Waals surface area contributed by atoms with Gasteiger partial charge in [-0.3, -0.25) is 4.98 Å². The second-order valence-corrected chi connectivity index (χ2v) is 6.25. The molecule has 1 aromatic carbocycles. The van der Waals surface area contributed by atoms with E-state index < -0.39 is 0 Å². The van der Waals surface area contributed by atoms with Gasteiger partial charge in [0.15, 0.2) is 5.65 Å². The van der Waals surface area contributed by atoms with Crippen molar-refractivity contribution in [2.24, 2.45) is 5.92 Å². The fourth-order valence-corrected chi connectivity index (χ4v) is 3.39. The molecule has 0 aliphatic carbocycles. The molecule has 1 fully saturated rings. The summed E-state index contributed by atoms with van der Waals surface area (Å²) < 4.78 is 0. The van der Waals surface area contributed by atoms with Gasteiger partial charge in [-0.1, -0.05) is 30.3 Å². The van der Waals surface area contributed by atoms with Gasteiger partial charge in [0.1, 0.15) is 11.3 Å². The van der Waals surface area contributed by atoms with Crippen LogP contribution in [-0.4, -0.2) is 33.1 Å². The number of aromatic nitrogens is 3. The molecule has 1 aliphatic rings. The van der Waals surface area contributed by atoms with Crippen LogP contribution in [0.3, 0.4) is 0 Å². The van der Waals surface area contributed by atoms with Crippen molar-refractivity contribution in [2.75, 3.05) is 18.0 Å². The first-order valence-electron chi connectivity index (χ1n) is 8.37. The highest BCUT2D eigenvalue weighted by atomic mass is 16.3. The van der Waals surface area contributed by atoms with Crippen molar-refractivity contribution in [3.63, 3.8) is 0 Å². The molecule has 1 unspecified atom stereocenters. The normalized spacial score (nSPS) is 17.1. The third kappa shape index (κ3) is 2.95. The Labute approximate surface area is 141 Å². The minimum Gasteiger partial charge on any atom is -0.388 e. The molecule has 24 heavy (non-hydrogen) atoms. The summed E-state index contributed by atoms with van der Waals surface area (Å²) in [6, 6.07) is 13.9. The van der Waals surface area contributed by atoms with Gasteiger partial charge in [0.25, 0.3) is 0 Å². The molecular formula is C19H20N4O. The number of rotatable bonds is 3. The fourth-order valence-electron chi connectivity index (χ4n) is 3.39. The maximum absolute atomic E-state index is 10.6. The lowest BCUT2D eigenvalue weighted by atomic mass is 9.87. The second-order valence-electron chi connectivity index (χ2n) is 6.25. The third-order valence-electron chi connectivity index (χ3n) is 4.77. The number of nitrogens with zero attached hydrogens (tertiary/aromatic N) is 4. The van der Waals surface area contributed by atoms with Crippen LogP contribution in [0.2, 0.25) is 0 Å². The van der Waals surface area contributed by atoms with Crippen LogP contribution in [0.4, 0.5) is 5.82 Å². The standard InChI is InChI=1S/C19H20N4O/c24-18(14-4-2-1-3-5-14)15-8-12-23(13-9-15)17-7-6-16-19(22-17)21-11-10-20-16/h1-7,10-11,15,18,24H,8-9,12-13H2.